The van der Waals surface area contributed by atoms with E-state index in [0.29, 0.717) is 11.5 Å². The van der Waals surface area contributed by atoms with Crippen LogP contribution in [0.15, 0.2) is 24.3 Å². The van der Waals surface area contributed by atoms with Gasteiger partial charge in [-0.25, -0.2) is 4.79 Å². The van der Waals surface area contributed by atoms with Gasteiger partial charge in [-0.15, -0.1) is 0 Å². The van der Waals surface area contributed by atoms with E-state index >= 15 is 0 Å². The minimum atomic E-state index is -0.850. The predicted molar refractivity (Wildman–Crippen MR) is 65.4 cm³/mol. The van der Waals surface area contributed by atoms with Crippen molar-refractivity contribution in [2.75, 3.05) is 0 Å². The van der Waals surface area contributed by atoms with E-state index in [1.807, 2.05) is 25.1 Å². The van der Waals surface area contributed by atoms with Gasteiger partial charge < -0.3 is 5.11 Å². The van der Waals surface area contributed by atoms with Crippen LogP contribution in [0.1, 0.15) is 40.4 Å². The van der Waals surface area contributed by atoms with Crippen molar-refractivity contribution in [2.45, 2.75) is 25.7 Å². The van der Waals surface area contributed by atoms with E-state index < -0.39 is 5.97 Å². The molecule has 0 aliphatic heterocycles. The summed E-state index contributed by atoms with van der Waals surface area (Å²) in [5, 5.41) is 10.3. The van der Waals surface area contributed by atoms with Gasteiger partial charge in [-0.3, -0.25) is 4.98 Å². The molecule has 86 valence electrons. The van der Waals surface area contributed by atoms with Crippen LogP contribution in [0.25, 0.3) is 10.9 Å². The molecular formula is C14H13NO2. The lowest BCUT2D eigenvalue weighted by Gasteiger charge is -2.09. The van der Waals surface area contributed by atoms with Crippen LogP contribution in [0, 0.1) is 6.92 Å². The third kappa shape index (κ3) is 1.68. The summed E-state index contributed by atoms with van der Waals surface area (Å²) in [6, 6.07) is 7.51. The number of fused-ring (bicyclic) bond motifs is 1. The Labute approximate surface area is 99.1 Å². The van der Waals surface area contributed by atoms with Crippen molar-refractivity contribution in [3.63, 3.8) is 0 Å². The van der Waals surface area contributed by atoms with Crippen LogP contribution < -0.4 is 0 Å². The van der Waals surface area contributed by atoms with E-state index in [2.05, 4.69) is 4.98 Å². The van der Waals surface area contributed by atoms with Gasteiger partial charge in [0.15, 0.2) is 0 Å². The summed E-state index contributed by atoms with van der Waals surface area (Å²) in [4.78, 5) is 15.8. The number of aromatic nitrogens is 1. The Hall–Kier alpha value is -1.90. The Morgan fingerprint density at radius 1 is 1.29 bits per heavy atom. The number of hydrogen-bond donors (Lipinski definition) is 1. The van der Waals surface area contributed by atoms with Crippen molar-refractivity contribution in [3.8, 4) is 0 Å². The monoisotopic (exact) mass is 227 g/mol. The van der Waals surface area contributed by atoms with Crippen molar-refractivity contribution < 1.29 is 9.90 Å². The highest BCUT2D eigenvalue weighted by Gasteiger charge is 2.30. The maximum atomic E-state index is 11.3. The van der Waals surface area contributed by atoms with Crippen LogP contribution in [-0.4, -0.2) is 16.1 Å². The average Bonchev–Trinajstić information content (AvgIpc) is 3.11. The molecule has 1 aliphatic rings. The highest BCUT2D eigenvalue weighted by Crippen LogP contribution is 2.44. The highest BCUT2D eigenvalue weighted by atomic mass is 16.4. The summed E-state index contributed by atoms with van der Waals surface area (Å²) in [5.41, 5.74) is 3.14. The smallest absolute Gasteiger partial charge is 0.336 e. The van der Waals surface area contributed by atoms with E-state index in [1.54, 1.807) is 6.07 Å². The standard InChI is InChI=1S/C14H13NO2/c1-8-2-3-10-6-7-11(14(16)17)12(9-4-5-9)13(10)15-8/h2-3,6-7,9H,4-5H2,1H3,(H,16,17). The molecule has 0 bridgehead atoms. The molecule has 3 nitrogen and oxygen atoms in total. The van der Waals surface area contributed by atoms with Crippen molar-refractivity contribution in [1.29, 1.82) is 0 Å². The number of benzene rings is 1. The van der Waals surface area contributed by atoms with Crippen LogP contribution in [0.5, 0.6) is 0 Å². The first-order chi connectivity index (χ1) is 8.16. The molecule has 1 heterocycles. The van der Waals surface area contributed by atoms with Gasteiger partial charge in [0.1, 0.15) is 0 Å². The predicted octanol–water partition coefficient (Wildman–Crippen LogP) is 3.12. The van der Waals surface area contributed by atoms with Crippen LogP contribution in [0.2, 0.25) is 0 Å². The number of carboxylic acid groups (broad SMARTS) is 1. The van der Waals surface area contributed by atoms with Gasteiger partial charge in [-0.1, -0.05) is 12.1 Å². The number of rotatable bonds is 2. The number of aryl methyl sites for hydroxylation is 1. The third-order valence-corrected chi connectivity index (χ3v) is 3.26. The molecule has 1 fully saturated rings. The van der Waals surface area contributed by atoms with Gasteiger partial charge in [-0.2, -0.15) is 0 Å². The summed E-state index contributed by atoms with van der Waals surface area (Å²) in [6.45, 7) is 1.93. The molecule has 17 heavy (non-hydrogen) atoms. The largest absolute Gasteiger partial charge is 0.478 e. The second-order valence-electron chi connectivity index (χ2n) is 4.63. The van der Waals surface area contributed by atoms with Crippen molar-refractivity contribution in [3.05, 3.63) is 41.1 Å². The molecule has 1 N–H and O–H groups in total. The number of nitrogens with zero attached hydrogens (tertiary/aromatic N) is 1. The zero-order valence-corrected chi connectivity index (χ0v) is 9.60. The molecule has 1 aromatic carbocycles. The highest BCUT2D eigenvalue weighted by molar-refractivity contribution is 5.97. The fourth-order valence-electron chi connectivity index (χ4n) is 2.28. The molecule has 1 aliphatic carbocycles. The molecule has 0 spiro atoms. The zero-order chi connectivity index (χ0) is 12.0. The van der Waals surface area contributed by atoms with Gasteiger partial charge >= 0.3 is 5.97 Å². The minimum absolute atomic E-state index is 0.388. The molecule has 3 heteroatoms. The van der Waals surface area contributed by atoms with Crippen molar-refractivity contribution in [2.24, 2.45) is 0 Å². The molecule has 0 unspecified atom stereocenters. The molecule has 2 aromatic rings. The van der Waals surface area contributed by atoms with Crippen molar-refractivity contribution >= 4 is 16.9 Å². The van der Waals surface area contributed by atoms with E-state index in [1.165, 1.54) is 0 Å². The second-order valence-corrected chi connectivity index (χ2v) is 4.63. The first kappa shape index (κ1) is 10.3. The molecular weight excluding hydrogens is 214 g/mol. The summed E-state index contributed by atoms with van der Waals surface area (Å²) in [6.07, 6.45) is 2.16. The van der Waals surface area contributed by atoms with E-state index in [-0.39, 0.29) is 0 Å². The molecule has 0 atom stereocenters. The molecule has 3 rings (SSSR count). The lowest BCUT2D eigenvalue weighted by molar-refractivity contribution is 0.0696. The fraction of sp³-hybridized carbons (Fsp3) is 0.286. The van der Waals surface area contributed by atoms with Gasteiger partial charge in [0.25, 0.3) is 0 Å². The maximum absolute atomic E-state index is 11.3. The second kappa shape index (κ2) is 3.55. The van der Waals surface area contributed by atoms with Gasteiger partial charge in [0, 0.05) is 11.1 Å². The topological polar surface area (TPSA) is 50.2 Å². The first-order valence-electron chi connectivity index (χ1n) is 5.80. The van der Waals surface area contributed by atoms with Crippen molar-refractivity contribution in [1.82, 2.24) is 4.98 Å². The van der Waals surface area contributed by atoms with Gasteiger partial charge in [0.2, 0.25) is 0 Å². The zero-order valence-electron chi connectivity index (χ0n) is 9.60. The van der Waals surface area contributed by atoms with E-state index in [0.717, 1.165) is 35.0 Å². The Bertz CT molecular complexity index is 615. The molecule has 0 saturated heterocycles. The van der Waals surface area contributed by atoms with Gasteiger partial charge in [-0.05, 0) is 43.4 Å². The van der Waals surface area contributed by atoms with E-state index in [4.69, 9.17) is 0 Å². The SMILES string of the molecule is Cc1ccc2ccc(C(=O)O)c(C3CC3)c2n1. The molecule has 1 aromatic heterocycles. The number of carbonyl (C=O) groups is 1. The normalized spacial score (nSPS) is 15.1. The van der Waals surface area contributed by atoms with Crippen LogP contribution in [0.3, 0.4) is 0 Å². The third-order valence-electron chi connectivity index (χ3n) is 3.26. The van der Waals surface area contributed by atoms with Crippen LogP contribution in [0.4, 0.5) is 0 Å². The number of hydrogen-bond acceptors (Lipinski definition) is 2. The molecule has 0 radical (unpaired) electrons. The fourth-order valence-corrected chi connectivity index (χ4v) is 2.28. The Kier molecular flexibility index (Phi) is 2.15. The molecule has 1 saturated carbocycles. The Morgan fingerprint density at radius 3 is 2.65 bits per heavy atom. The molecule has 0 amide bonds. The minimum Gasteiger partial charge on any atom is -0.478 e. The first-order valence-corrected chi connectivity index (χ1v) is 5.80. The lowest BCUT2D eigenvalue weighted by Crippen LogP contribution is -2.03. The Balaban J connectivity index is 2.36. The summed E-state index contributed by atoms with van der Waals surface area (Å²) >= 11 is 0. The number of aromatic carboxylic acids is 1. The van der Waals surface area contributed by atoms with Crippen LogP contribution in [-0.2, 0) is 0 Å². The summed E-state index contributed by atoms with van der Waals surface area (Å²) in [5.74, 6) is -0.462. The summed E-state index contributed by atoms with van der Waals surface area (Å²) in [7, 11) is 0. The maximum Gasteiger partial charge on any atom is 0.336 e. The van der Waals surface area contributed by atoms with E-state index in [9.17, 15) is 9.90 Å². The Morgan fingerprint density at radius 2 is 2.00 bits per heavy atom. The number of carboxylic acids is 1. The number of pyridine rings is 1. The van der Waals surface area contributed by atoms with Gasteiger partial charge in [0.05, 0.1) is 11.1 Å². The lowest BCUT2D eigenvalue weighted by atomic mass is 9.99. The average molecular weight is 227 g/mol. The quantitative estimate of drug-likeness (QED) is 0.857. The summed E-state index contributed by atoms with van der Waals surface area (Å²) < 4.78 is 0. The van der Waals surface area contributed by atoms with Crippen LogP contribution >= 0.6 is 0 Å².